The van der Waals surface area contributed by atoms with Crippen LogP contribution < -0.4 is 15.4 Å². The Bertz CT molecular complexity index is 821. The number of aryl methyl sites for hydroxylation is 2. The molecular weight excluding hydrogens is 360 g/mol. The zero-order valence-corrected chi connectivity index (χ0v) is 16.0. The van der Waals surface area contributed by atoms with Crippen molar-refractivity contribution >= 4 is 23.6 Å². The second kappa shape index (κ2) is 10.7. The number of benzene rings is 2. The average Bonchev–Trinajstić information content (AvgIpc) is 2.66. The number of urea groups is 1. The van der Waals surface area contributed by atoms with Crippen molar-refractivity contribution in [3.63, 3.8) is 0 Å². The Morgan fingerprint density at radius 2 is 1.75 bits per heavy atom. The number of rotatable bonds is 8. The molecule has 0 saturated carbocycles. The van der Waals surface area contributed by atoms with Crippen molar-refractivity contribution in [1.29, 1.82) is 0 Å². The lowest BCUT2D eigenvalue weighted by Crippen LogP contribution is -2.37. The van der Waals surface area contributed by atoms with Crippen molar-refractivity contribution in [1.82, 2.24) is 5.32 Å². The van der Waals surface area contributed by atoms with Gasteiger partial charge in [-0.1, -0.05) is 35.9 Å². The molecule has 3 amide bonds. The summed E-state index contributed by atoms with van der Waals surface area (Å²) in [5.41, 5.74) is 2.55. The molecule has 0 aromatic heterocycles. The van der Waals surface area contributed by atoms with Crippen LogP contribution in [0.5, 0.6) is 5.75 Å². The predicted molar refractivity (Wildman–Crippen MR) is 105 cm³/mol. The average molecular weight is 384 g/mol. The van der Waals surface area contributed by atoms with Crippen molar-refractivity contribution < 1.29 is 23.9 Å². The maximum Gasteiger partial charge on any atom is 0.325 e. The van der Waals surface area contributed by atoms with Gasteiger partial charge in [-0.2, -0.15) is 0 Å². The number of esters is 1. The van der Waals surface area contributed by atoms with Crippen molar-refractivity contribution in [3.05, 3.63) is 59.7 Å². The SMILES string of the molecule is Cc1ccc(NC(=O)NC(=O)COC(=O)CCCOc2ccccc2)c(C)c1. The number of amides is 3. The van der Waals surface area contributed by atoms with E-state index < -0.39 is 24.5 Å². The van der Waals surface area contributed by atoms with Gasteiger partial charge in [0.1, 0.15) is 5.75 Å². The van der Waals surface area contributed by atoms with Crippen LogP contribution in [-0.2, 0) is 14.3 Å². The maximum atomic E-state index is 11.9. The summed E-state index contributed by atoms with van der Waals surface area (Å²) < 4.78 is 10.3. The summed E-state index contributed by atoms with van der Waals surface area (Å²) in [6, 6.07) is 14.1. The largest absolute Gasteiger partial charge is 0.494 e. The van der Waals surface area contributed by atoms with Crippen LogP contribution in [0.25, 0.3) is 0 Å². The number of hydrogen-bond donors (Lipinski definition) is 2. The molecule has 0 aliphatic heterocycles. The van der Waals surface area contributed by atoms with E-state index >= 15 is 0 Å². The van der Waals surface area contributed by atoms with Gasteiger partial charge in [-0.15, -0.1) is 0 Å². The minimum atomic E-state index is -0.698. The van der Waals surface area contributed by atoms with Crippen molar-refractivity contribution in [2.24, 2.45) is 0 Å². The normalized spacial score (nSPS) is 10.1. The highest BCUT2D eigenvalue weighted by atomic mass is 16.5. The Morgan fingerprint density at radius 1 is 1.00 bits per heavy atom. The topological polar surface area (TPSA) is 93.7 Å². The van der Waals surface area contributed by atoms with Gasteiger partial charge in [-0.05, 0) is 44.0 Å². The molecule has 28 heavy (non-hydrogen) atoms. The lowest BCUT2D eigenvalue weighted by Gasteiger charge is -2.10. The Morgan fingerprint density at radius 3 is 2.46 bits per heavy atom. The molecule has 0 aliphatic carbocycles. The van der Waals surface area contributed by atoms with Crippen LogP contribution in [0.3, 0.4) is 0 Å². The zero-order valence-electron chi connectivity index (χ0n) is 16.0. The van der Waals surface area contributed by atoms with E-state index in [4.69, 9.17) is 9.47 Å². The summed E-state index contributed by atoms with van der Waals surface area (Å²) in [7, 11) is 0. The molecule has 7 nitrogen and oxygen atoms in total. The second-order valence-corrected chi connectivity index (χ2v) is 6.25. The first-order valence-electron chi connectivity index (χ1n) is 8.95. The zero-order chi connectivity index (χ0) is 20.4. The van der Waals surface area contributed by atoms with Crippen LogP contribution in [-0.4, -0.2) is 31.1 Å². The molecule has 0 bridgehead atoms. The van der Waals surface area contributed by atoms with E-state index in [-0.39, 0.29) is 6.42 Å². The number of nitrogens with one attached hydrogen (secondary N) is 2. The van der Waals surface area contributed by atoms with Crippen LogP contribution >= 0.6 is 0 Å². The quantitative estimate of drug-likeness (QED) is 0.538. The Labute approximate surface area is 164 Å². The molecular formula is C21H24N2O5. The van der Waals surface area contributed by atoms with Gasteiger partial charge in [0.15, 0.2) is 6.61 Å². The summed E-state index contributed by atoms with van der Waals surface area (Å²) >= 11 is 0. The second-order valence-electron chi connectivity index (χ2n) is 6.25. The molecule has 2 aromatic carbocycles. The van der Waals surface area contributed by atoms with E-state index in [0.717, 1.165) is 16.9 Å². The van der Waals surface area contributed by atoms with Gasteiger partial charge < -0.3 is 14.8 Å². The third-order valence-corrected chi connectivity index (χ3v) is 3.78. The van der Waals surface area contributed by atoms with Crippen molar-refractivity contribution in [3.8, 4) is 5.75 Å². The predicted octanol–water partition coefficient (Wildman–Crippen LogP) is 3.35. The van der Waals surface area contributed by atoms with Crippen molar-refractivity contribution in [2.75, 3.05) is 18.5 Å². The highest BCUT2D eigenvalue weighted by Gasteiger charge is 2.12. The summed E-state index contributed by atoms with van der Waals surface area (Å²) in [4.78, 5) is 35.2. The fraction of sp³-hybridized carbons (Fsp3) is 0.286. The van der Waals surface area contributed by atoms with Gasteiger partial charge in [-0.3, -0.25) is 14.9 Å². The molecule has 0 spiro atoms. The molecule has 0 heterocycles. The van der Waals surface area contributed by atoms with Crippen LogP contribution in [0.1, 0.15) is 24.0 Å². The number of ether oxygens (including phenoxy) is 2. The summed E-state index contributed by atoms with van der Waals surface area (Å²) in [6.07, 6.45) is 0.581. The van der Waals surface area contributed by atoms with Crippen LogP contribution in [0.4, 0.5) is 10.5 Å². The summed E-state index contributed by atoms with van der Waals surface area (Å²) in [6.45, 7) is 3.65. The minimum Gasteiger partial charge on any atom is -0.494 e. The Hall–Kier alpha value is -3.35. The van der Waals surface area contributed by atoms with Gasteiger partial charge in [0.25, 0.3) is 5.91 Å². The van der Waals surface area contributed by atoms with Gasteiger partial charge >= 0.3 is 12.0 Å². The highest BCUT2D eigenvalue weighted by molar-refractivity contribution is 6.02. The molecule has 2 rings (SSSR count). The molecule has 0 atom stereocenters. The number of para-hydroxylation sites is 1. The number of carbonyl (C=O) groups is 3. The molecule has 148 valence electrons. The molecule has 0 fully saturated rings. The molecule has 0 aliphatic rings. The van der Waals surface area contributed by atoms with Gasteiger partial charge in [0, 0.05) is 12.1 Å². The number of anilines is 1. The van der Waals surface area contributed by atoms with Gasteiger partial charge in [0.2, 0.25) is 0 Å². The van der Waals surface area contributed by atoms with Crippen LogP contribution in [0, 0.1) is 13.8 Å². The first kappa shape index (κ1) is 21.0. The van der Waals surface area contributed by atoms with Gasteiger partial charge in [0.05, 0.1) is 6.61 Å². The number of hydrogen-bond acceptors (Lipinski definition) is 5. The first-order valence-corrected chi connectivity index (χ1v) is 8.95. The van der Waals surface area contributed by atoms with Crippen LogP contribution in [0.2, 0.25) is 0 Å². The smallest absolute Gasteiger partial charge is 0.325 e. The standard InChI is InChI=1S/C21H24N2O5/c1-15-10-11-18(16(2)13-15)22-21(26)23-19(24)14-28-20(25)9-6-12-27-17-7-4-3-5-8-17/h3-5,7-8,10-11,13H,6,9,12,14H2,1-2H3,(H2,22,23,24,26). The van der Waals surface area contributed by atoms with E-state index in [2.05, 4.69) is 10.6 Å². The van der Waals surface area contributed by atoms with E-state index in [1.54, 1.807) is 6.07 Å². The monoisotopic (exact) mass is 384 g/mol. The minimum absolute atomic E-state index is 0.120. The molecule has 0 saturated heterocycles. The third-order valence-electron chi connectivity index (χ3n) is 3.78. The Kier molecular flexibility index (Phi) is 8.02. The van der Waals surface area contributed by atoms with E-state index in [0.29, 0.717) is 18.7 Å². The first-order chi connectivity index (χ1) is 13.4. The Balaban J connectivity index is 1.61. The molecule has 2 N–H and O–H groups in total. The maximum absolute atomic E-state index is 11.9. The number of carbonyl (C=O) groups excluding carboxylic acids is 3. The van der Waals surface area contributed by atoms with E-state index in [1.165, 1.54) is 0 Å². The molecule has 0 radical (unpaired) electrons. The fourth-order valence-corrected chi connectivity index (χ4v) is 2.41. The van der Waals surface area contributed by atoms with Gasteiger partial charge in [-0.25, -0.2) is 4.79 Å². The lowest BCUT2D eigenvalue weighted by atomic mass is 10.1. The fourth-order valence-electron chi connectivity index (χ4n) is 2.41. The highest BCUT2D eigenvalue weighted by Crippen LogP contribution is 2.15. The molecule has 7 heteroatoms. The van der Waals surface area contributed by atoms with Crippen molar-refractivity contribution in [2.45, 2.75) is 26.7 Å². The third kappa shape index (κ3) is 7.49. The van der Waals surface area contributed by atoms with E-state index in [9.17, 15) is 14.4 Å². The molecule has 0 unspecified atom stereocenters. The summed E-state index contributed by atoms with van der Waals surface area (Å²) in [5, 5.41) is 4.71. The van der Waals surface area contributed by atoms with Crippen LogP contribution in [0.15, 0.2) is 48.5 Å². The molecule has 2 aromatic rings. The summed E-state index contributed by atoms with van der Waals surface area (Å²) in [5.74, 6) is -0.497. The lowest BCUT2D eigenvalue weighted by molar-refractivity contribution is -0.148. The number of imide groups is 1. The van der Waals surface area contributed by atoms with E-state index in [1.807, 2.05) is 56.3 Å².